The molecule has 0 radical (unpaired) electrons. The number of thioether (sulfide) groups is 1. The van der Waals surface area contributed by atoms with Gasteiger partial charge in [0.25, 0.3) is 0 Å². The molecule has 0 amide bonds. The van der Waals surface area contributed by atoms with E-state index in [0.717, 1.165) is 0 Å². The maximum Gasteiger partial charge on any atom is 0.395 e. The lowest BCUT2D eigenvalue weighted by atomic mass is 9.92. The summed E-state index contributed by atoms with van der Waals surface area (Å²) >= 11 is 13.3. The zero-order valence-corrected chi connectivity index (χ0v) is 17.6. The van der Waals surface area contributed by atoms with E-state index in [1.165, 1.54) is 23.9 Å². The van der Waals surface area contributed by atoms with Crippen LogP contribution in [0.2, 0.25) is 10.0 Å². The highest BCUT2D eigenvalue weighted by molar-refractivity contribution is 7.99. The number of carboxylic acids is 1. The largest absolute Gasteiger partial charge is 0.480 e. The van der Waals surface area contributed by atoms with Crippen molar-refractivity contribution in [3.8, 4) is 11.1 Å². The number of hydrogen-bond acceptors (Lipinski definition) is 3. The van der Waals surface area contributed by atoms with Crippen molar-refractivity contribution in [2.24, 2.45) is 5.73 Å². The quantitative estimate of drug-likeness (QED) is 0.430. The number of carbonyl (C=O) groups is 1. The summed E-state index contributed by atoms with van der Waals surface area (Å²) in [5.74, 6) is -2.12. The number of rotatable bonds is 9. The Labute approximate surface area is 181 Å². The van der Waals surface area contributed by atoms with Crippen LogP contribution in [0.1, 0.15) is 24.3 Å². The van der Waals surface area contributed by atoms with Gasteiger partial charge in [-0.15, -0.1) is 0 Å². The van der Waals surface area contributed by atoms with Crippen LogP contribution in [0, 0.1) is 0 Å². The van der Waals surface area contributed by atoms with Crippen molar-refractivity contribution in [3.05, 3.63) is 58.1 Å². The summed E-state index contributed by atoms with van der Waals surface area (Å²) in [4.78, 5) is 10.7. The minimum absolute atomic E-state index is 0.117. The van der Waals surface area contributed by atoms with Crippen molar-refractivity contribution in [2.45, 2.75) is 31.0 Å². The van der Waals surface area contributed by atoms with Gasteiger partial charge in [0.05, 0.1) is 5.92 Å². The monoisotopic (exact) mass is 465 g/mol. The Morgan fingerprint density at radius 1 is 1.10 bits per heavy atom. The smallest absolute Gasteiger partial charge is 0.395 e. The van der Waals surface area contributed by atoms with Crippen LogP contribution in [0.5, 0.6) is 0 Å². The Hall–Kier alpha value is -1.41. The van der Waals surface area contributed by atoms with Gasteiger partial charge in [-0.2, -0.15) is 24.9 Å². The zero-order valence-electron chi connectivity index (χ0n) is 15.3. The van der Waals surface area contributed by atoms with Gasteiger partial charge in [-0.3, -0.25) is 4.79 Å². The van der Waals surface area contributed by atoms with Gasteiger partial charge in [-0.25, -0.2) is 0 Å². The Morgan fingerprint density at radius 2 is 1.79 bits per heavy atom. The van der Waals surface area contributed by atoms with Crippen molar-refractivity contribution in [1.82, 2.24) is 0 Å². The Bertz CT molecular complexity index is 849. The number of aliphatic carboxylic acids is 1. The molecule has 9 heteroatoms. The normalized spacial score (nSPS) is 13.9. The molecular formula is C20H20Cl2F3NO2S. The van der Waals surface area contributed by atoms with E-state index in [1.807, 2.05) is 0 Å². The van der Waals surface area contributed by atoms with Gasteiger partial charge in [0.2, 0.25) is 0 Å². The first kappa shape index (κ1) is 23.9. The molecule has 2 unspecified atom stereocenters. The third-order valence-electron chi connectivity index (χ3n) is 4.37. The summed E-state index contributed by atoms with van der Waals surface area (Å²) < 4.78 is 41.0. The molecule has 0 spiro atoms. The predicted molar refractivity (Wildman–Crippen MR) is 113 cm³/mol. The fourth-order valence-electron chi connectivity index (χ4n) is 2.80. The molecular weight excluding hydrogens is 446 g/mol. The van der Waals surface area contributed by atoms with Gasteiger partial charge in [0, 0.05) is 15.6 Å². The van der Waals surface area contributed by atoms with Crippen LogP contribution >= 0.6 is 35.0 Å². The molecule has 29 heavy (non-hydrogen) atoms. The second-order valence-electron chi connectivity index (χ2n) is 6.48. The van der Waals surface area contributed by atoms with Gasteiger partial charge in [-0.1, -0.05) is 53.5 Å². The highest BCUT2D eigenvalue weighted by Gasteiger charge is 2.40. The predicted octanol–water partition coefficient (Wildman–Crippen LogP) is 6.23. The molecule has 0 fully saturated rings. The molecule has 2 rings (SSSR count). The van der Waals surface area contributed by atoms with E-state index in [1.54, 1.807) is 30.3 Å². The summed E-state index contributed by atoms with van der Waals surface area (Å²) in [6, 6.07) is 10.1. The molecule has 0 saturated heterocycles. The van der Waals surface area contributed by atoms with Crippen LogP contribution in [0.3, 0.4) is 0 Å². The molecule has 2 aromatic rings. The summed E-state index contributed by atoms with van der Waals surface area (Å²) in [5.41, 5.74) is 6.75. The van der Waals surface area contributed by atoms with E-state index in [0.29, 0.717) is 26.9 Å². The molecule has 0 saturated carbocycles. The van der Waals surface area contributed by atoms with Crippen LogP contribution in [-0.2, 0) is 4.79 Å². The van der Waals surface area contributed by atoms with Gasteiger partial charge >= 0.3 is 12.1 Å². The molecule has 0 bridgehead atoms. The van der Waals surface area contributed by atoms with Gasteiger partial charge in [0.1, 0.15) is 6.04 Å². The van der Waals surface area contributed by atoms with Crippen molar-refractivity contribution in [1.29, 1.82) is 0 Å². The van der Waals surface area contributed by atoms with E-state index in [2.05, 4.69) is 0 Å². The molecule has 2 aromatic carbocycles. The lowest BCUT2D eigenvalue weighted by Gasteiger charge is -2.21. The second-order valence-corrected chi connectivity index (χ2v) is 8.55. The first-order valence-electron chi connectivity index (χ1n) is 8.78. The number of hydrogen-bond donors (Lipinski definition) is 2. The molecule has 0 aliphatic carbocycles. The second kappa shape index (κ2) is 10.6. The number of nitrogens with two attached hydrogens (primary N) is 1. The fourth-order valence-corrected chi connectivity index (χ4v) is 4.35. The van der Waals surface area contributed by atoms with Crippen molar-refractivity contribution in [3.63, 3.8) is 0 Å². The number of benzene rings is 2. The van der Waals surface area contributed by atoms with E-state index < -0.39 is 24.1 Å². The first-order valence-corrected chi connectivity index (χ1v) is 10.7. The van der Waals surface area contributed by atoms with Crippen LogP contribution in [0.25, 0.3) is 11.1 Å². The fraction of sp³-hybridized carbons (Fsp3) is 0.350. The minimum Gasteiger partial charge on any atom is -0.480 e. The molecule has 2 atom stereocenters. The zero-order chi connectivity index (χ0) is 21.6. The Morgan fingerprint density at radius 3 is 2.41 bits per heavy atom. The molecule has 0 aliphatic rings. The van der Waals surface area contributed by atoms with E-state index >= 15 is 0 Å². The Balaban J connectivity index is 2.11. The van der Waals surface area contributed by atoms with Crippen molar-refractivity contribution < 1.29 is 23.1 Å². The van der Waals surface area contributed by atoms with E-state index in [4.69, 9.17) is 34.0 Å². The van der Waals surface area contributed by atoms with E-state index in [9.17, 15) is 18.0 Å². The summed E-state index contributed by atoms with van der Waals surface area (Å²) in [7, 11) is 0. The number of carboxylic acid groups (broad SMARTS) is 1. The SMILES string of the molecule is NC(CCSCCC(c1cccc(-c2ccc(Cl)cc2Cl)c1)C(F)(F)F)C(=O)O. The van der Waals surface area contributed by atoms with Crippen molar-refractivity contribution >= 4 is 40.9 Å². The summed E-state index contributed by atoms with van der Waals surface area (Å²) in [5, 5.41) is 9.55. The summed E-state index contributed by atoms with van der Waals surface area (Å²) in [6.07, 6.45) is -4.31. The summed E-state index contributed by atoms with van der Waals surface area (Å²) in [6.45, 7) is 0. The topological polar surface area (TPSA) is 63.3 Å². The van der Waals surface area contributed by atoms with Crippen LogP contribution in [0.4, 0.5) is 13.2 Å². The molecule has 0 aromatic heterocycles. The molecule has 0 heterocycles. The molecule has 158 valence electrons. The highest BCUT2D eigenvalue weighted by atomic mass is 35.5. The molecule has 0 aliphatic heterocycles. The van der Waals surface area contributed by atoms with Crippen molar-refractivity contribution in [2.75, 3.05) is 11.5 Å². The molecule has 3 nitrogen and oxygen atoms in total. The highest BCUT2D eigenvalue weighted by Crippen LogP contribution is 2.40. The lowest BCUT2D eigenvalue weighted by Crippen LogP contribution is -2.30. The maximum atomic E-state index is 13.7. The van der Waals surface area contributed by atoms with Gasteiger partial charge < -0.3 is 10.8 Å². The average molecular weight is 466 g/mol. The number of alkyl halides is 3. The van der Waals surface area contributed by atoms with Crippen LogP contribution in [0.15, 0.2) is 42.5 Å². The maximum absolute atomic E-state index is 13.7. The van der Waals surface area contributed by atoms with Crippen LogP contribution in [-0.4, -0.2) is 34.8 Å². The van der Waals surface area contributed by atoms with E-state index in [-0.39, 0.29) is 24.2 Å². The first-order chi connectivity index (χ1) is 13.6. The lowest BCUT2D eigenvalue weighted by molar-refractivity contribution is -0.150. The van der Waals surface area contributed by atoms with Gasteiger partial charge in [0.15, 0.2) is 0 Å². The standard InChI is InChI=1S/C20H20Cl2F3NO2S/c21-14-4-5-15(17(22)11-14)12-2-1-3-13(10-12)16(20(23,24)25)6-8-29-9-7-18(26)19(27)28/h1-5,10-11,16,18H,6-9,26H2,(H,27,28). The average Bonchev–Trinajstić information content (AvgIpc) is 2.63. The molecule has 3 N–H and O–H groups in total. The number of halogens is 5. The Kier molecular flexibility index (Phi) is 8.70. The van der Waals surface area contributed by atoms with Crippen LogP contribution < -0.4 is 5.73 Å². The third kappa shape index (κ3) is 7.10. The third-order valence-corrected chi connectivity index (χ3v) is 5.96. The van der Waals surface area contributed by atoms with Gasteiger partial charge in [-0.05, 0) is 47.6 Å². The minimum atomic E-state index is -4.40.